The van der Waals surface area contributed by atoms with Crippen molar-refractivity contribution in [2.45, 2.75) is 39.1 Å². The predicted molar refractivity (Wildman–Crippen MR) is 46.0 cm³/mol. The van der Waals surface area contributed by atoms with Crippen LogP contribution in [0, 0.1) is 5.92 Å². The topological polar surface area (TPSA) is 38.7 Å². The van der Waals surface area contributed by atoms with Crippen molar-refractivity contribution in [3.8, 4) is 0 Å². The summed E-state index contributed by atoms with van der Waals surface area (Å²) in [5.41, 5.74) is 0. The fraction of sp³-hybridized carbons (Fsp3) is 1.00. The smallest absolute Gasteiger partial charge is 0.112 e. The molecule has 3 nitrogen and oxygen atoms in total. The Labute approximate surface area is 73.7 Å². The number of hydrogen-bond acceptors (Lipinski definition) is 3. The van der Waals surface area contributed by atoms with E-state index in [-0.39, 0.29) is 12.2 Å². The third-order valence-corrected chi connectivity index (χ3v) is 2.27. The van der Waals surface area contributed by atoms with E-state index in [1.807, 2.05) is 13.8 Å². The standard InChI is InChI=1S/C7H12O3.C2H6/c1-4-2-9-7-5(8)3-10-6(4)7;1-2/h4-8H,2-3H2,1H3;1-2H3/t4?,5?,6-,7-;/m1./s1. The average Bonchev–Trinajstić information content (AvgIpc) is 2.62. The molecule has 12 heavy (non-hydrogen) atoms. The van der Waals surface area contributed by atoms with Crippen molar-refractivity contribution >= 4 is 0 Å². The second-order valence-corrected chi connectivity index (χ2v) is 3.14. The third kappa shape index (κ3) is 1.63. The second-order valence-electron chi connectivity index (χ2n) is 3.14. The summed E-state index contributed by atoms with van der Waals surface area (Å²) >= 11 is 0. The van der Waals surface area contributed by atoms with Crippen LogP contribution in [0.4, 0.5) is 0 Å². The van der Waals surface area contributed by atoms with E-state index >= 15 is 0 Å². The van der Waals surface area contributed by atoms with Crippen molar-refractivity contribution in [2.75, 3.05) is 13.2 Å². The van der Waals surface area contributed by atoms with Gasteiger partial charge in [0, 0.05) is 5.92 Å². The zero-order valence-corrected chi connectivity index (χ0v) is 7.99. The number of fused-ring (bicyclic) bond motifs is 1. The Morgan fingerprint density at radius 3 is 2.25 bits per heavy atom. The number of rotatable bonds is 0. The molecule has 0 aromatic carbocycles. The van der Waals surface area contributed by atoms with Crippen LogP contribution in [0.2, 0.25) is 0 Å². The Hall–Kier alpha value is -0.120. The van der Waals surface area contributed by atoms with Crippen molar-refractivity contribution in [3.63, 3.8) is 0 Å². The lowest BCUT2D eigenvalue weighted by molar-refractivity contribution is 0.0173. The molecule has 0 aromatic rings. The monoisotopic (exact) mass is 174 g/mol. The average molecular weight is 174 g/mol. The van der Waals surface area contributed by atoms with E-state index in [1.54, 1.807) is 0 Å². The van der Waals surface area contributed by atoms with Crippen LogP contribution in [0.25, 0.3) is 0 Å². The van der Waals surface area contributed by atoms with Gasteiger partial charge in [0.2, 0.25) is 0 Å². The normalized spacial score (nSPS) is 45.0. The minimum absolute atomic E-state index is 0.0463. The zero-order chi connectivity index (χ0) is 9.14. The van der Waals surface area contributed by atoms with Crippen molar-refractivity contribution in [1.82, 2.24) is 0 Å². The first kappa shape index (κ1) is 9.96. The zero-order valence-electron chi connectivity index (χ0n) is 7.99. The van der Waals surface area contributed by atoms with Gasteiger partial charge in [0.25, 0.3) is 0 Å². The predicted octanol–water partition coefficient (Wildman–Crippen LogP) is 0.807. The van der Waals surface area contributed by atoms with Gasteiger partial charge in [0.05, 0.1) is 19.3 Å². The Morgan fingerprint density at radius 1 is 1.08 bits per heavy atom. The molecule has 0 spiro atoms. The van der Waals surface area contributed by atoms with Crippen LogP contribution in [-0.4, -0.2) is 36.6 Å². The molecule has 0 aliphatic carbocycles. The summed E-state index contributed by atoms with van der Waals surface area (Å²) in [5.74, 6) is 0.446. The van der Waals surface area contributed by atoms with Crippen molar-refractivity contribution in [2.24, 2.45) is 5.92 Å². The summed E-state index contributed by atoms with van der Waals surface area (Å²) in [4.78, 5) is 0. The lowest BCUT2D eigenvalue weighted by Crippen LogP contribution is -2.28. The molecule has 0 aromatic heterocycles. The molecule has 2 heterocycles. The van der Waals surface area contributed by atoms with Crippen molar-refractivity contribution in [3.05, 3.63) is 0 Å². The minimum atomic E-state index is -0.394. The Balaban J connectivity index is 0.000000336. The summed E-state index contributed by atoms with van der Waals surface area (Å²) in [7, 11) is 0. The molecule has 2 unspecified atom stereocenters. The molecule has 72 valence electrons. The van der Waals surface area contributed by atoms with E-state index in [4.69, 9.17) is 9.47 Å². The highest BCUT2D eigenvalue weighted by molar-refractivity contribution is 4.92. The first-order chi connectivity index (χ1) is 5.79. The van der Waals surface area contributed by atoms with Gasteiger partial charge >= 0.3 is 0 Å². The second kappa shape index (κ2) is 4.21. The quantitative estimate of drug-likeness (QED) is 0.590. The van der Waals surface area contributed by atoms with Crippen LogP contribution in [-0.2, 0) is 9.47 Å². The highest BCUT2D eigenvalue weighted by Gasteiger charge is 2.44. The molecule has 2 aliphatic rings. The van der Waals surface area contributed by atoms with Gasteiger partial charge in [0.15, 0.2) is 0 Å². The van der Waals surface area contributed by atoms with Crippen molar-refractivity contribution in [1.29, 1.82) is 0 Å². The maximum absolute atomic E-state index is 9.27. The molecule has 2 saturated heterocycles. The van der Waals surface area contributed by atoms with E-state index in [0.29, 0.717) is 12.5 Å². The SMILES string of the molecule is CC.CC1CO[C@@H]2C(O)CO[C@H]12. The fourth-order valence-corrected chi connectivity index (χ4v) is 1.67. The number of hydrogen-bond donors (Lipinski definition) is 1. The van der Waals surface area contributed by atoms with Gasteiger partial charge in [0.1, 0.15) is 12.2 Å². The summed E-state index contributed by atoms with van der Waals surface area (Å²) in [6.07, 6.45) is -0.292. The Bertz CT molecular complexity index is 122. The van der Waals surface area contributed by atoms with Crippen LogP contribution < -0.4 is 0 Å². The van der Waals surface area contributed by atoms with Crippen LogP contribution >= 0.6 is 0 Å². The first-order valence-electron chi connectivity index (χ1n) is 4.70. The number of aliphatic hydroxyl groups is 1. The molecule has 4 atom stereocenters. The van der Waals surface area contributed by atoms with E-state index in [2.05, 4.69) is 6.92 Å². The van der Waals surface area contributed by atoms with Gasteiger partial charge < -0.3 is 14.6 Å². The molecule has 1 N–H and O–H groups in total. The summed E-state index contributed by atoms with van der Waals surface area (Å²) in [6, 6.07) is 0. The van der Waals surface area contributed by atoms with E-state index < -0.39 is 6.10 Å². The molecule has 0 amide bonds. The molecular formula is C9H18O3. The Kier molecular flexibility index (Phi) is 3.50. The summed E-state index contributed by atoms with van der Waals surface area (Å²) < 4.78 is 10.7. The molecule has 0 bridgehead atoms. The lowest BCUT2D eigenvalue weighted by atomic mass is 10.0. The molecule has 0 radical (unpaired) electrons. The van der Waals surface area contributed by atoms with Gasteiger partial charge in [-0.2, -0.15) is 0 Å². The van der Waals surface area contributed by atoms with Crippen LogP contribution in [0.5, 0.6) is 0 Å². The fourth-order valence-electron chi connectivity index (χ4n) is 1.67. The maximum Gasteiger partial charge on any atom is 0.112 e. The highest BCUT2D eigenvalue weighted by Crippen LogP contribution is 2.30. The number of aliphatic hydroxyl groups excluding tert-OH is 1. The van der Waals surface area contributed by atoms with Gasteiger partial charge in [-0.3, -0.25) is 0 Å². The molecule has 3 heteroatoms. The summed E-state index contributed by atoms with van der Waals surface area (Å²) in [6.45, 7) is 7.26. The van der Waals surface area contributed by atoms with Gasteiger partial charge in [-0.15, -0.1) is 0 Å². The van der Waals surface area contributed by atoms with Crippen molar-refractivity contribution < 1.29 is 14.6 Å². The Morgan fingerprint density at radius 2 is 1.67 bits per heavy atom. The van der Waals surface area contributed by atoms with E-state index in [9.17, 15) is 5.11 Å². The first-order valence-corrected chi connectivity index (χ1v) is 4.70. The lowest BCUT2D eigenvalue weighted by Gasteiger charge is -2.10. The summed E-state index contributed by atoms with van der Waals surface area (Å²) in [5, 5.41) is 9.27. The van der Waals surface area contributed by atoms with Gasteiger partial charge in [-0.25, -0.2) is 0 Å². The van der Waals surface area contributed by atoms with E-state index in [1.165, 1.54) is 0 Å². The van der Waals surface area contributed by atoms with E-state index in [0.717, 1.165) is 6.61 Å². The largest absolute Gasteiger partial charge is 0.388 e. The van der Waals surface area contributed by atoms with Crippen LogP contribution in [0.1, 0.15) is 20.8 Å². The molecule has 2 aliphatic heterocycles. The molecule has 2 rings (SSSR count). The maximum atomic E-state index is 9.27. The number of ether oxygens (including phenoxy) is 2. The highest BCUT2D eigenvalue weighted by atomic mass is 16.6. The minimum Gasteiger partial charge on any atom is -0.388 e. The molecule has 0 saturated carbocycles. The van der Waals surface area contributed by atoms with Crippen LogP contribution in [0.15, 0.2) is 0 Å². The van der Waals surface area contributed by atoms with Crippen LogP contribution in [0.3, 0.4) is 0 Å². The third-order valence-electron chi connectivity index (χ3n) is 2.27. The van der Waals surface area contributed by atoms with Gasteiger partial charge in [-0.1, -0.05) is 20.8 Å². The molecule has 2 fully saturated rings. The van der Waals surface area contributed by atoms with Gasteiger partial charge in [-0.05, 0) is 0 Å². The molecular weight excluding hydrogens is 156 g/mol.